The van der Waals surface area contributed by atoms with Gasteiger partial charge in [-0.3, -0.25) is 9.69 Å². The van der Waals surface area contributed by atoms with Gasteiger partial charge in [-0.2, -0.15) is 5.26 Å². The molecule has 0 spiro atoms. The van der Waals surface area contributed by atoms with E-state index >= 15 is 0 Å². The Morgan fingerprint density at radius 1 is 1.48 bits per heavy atom. The van der Waals surface area contributed by atoms with Gasteiger partial charge in [0.05, 0.1) is 11.6 Å². The lowest BCUT2D eigenvalue weighted by Crippen LogP contribution is -2.40. The number of likely N-dealkylation sites (tertiary alicyclic amines) is 1. The van der Waals surface area contributed by atoms with E-state index in [2.05, 4.69) is 11.0 Å². The minimum absolute atomic E-state index is 0.142. The first-order valence-corrected chi connectivity index (χ1v) is 7.35. The van der Waals surface area contributed by atoms with Crippen LogP contribution in [-0.4, -0.2) is 29.1 Å². The van der Waals surface area contributed by atoms with E-state index in [1.807, 2.05) is 39.0 Å². The summed E-state index contributed by atoms with van der Waals surface area (Å²) >= 11 is 0. The molecule has 0 bridgehead atoms. The number of benzene rings is 1. The third-order valence-electron chi connectivity index (χ3n) is 3.48. The molecule has 0 N–H and O–H groups in total. The lowest BCUT2D eigenvalue weighted by molar-refractivity contribution is -0.160. The van der Waals surface area contributed by atoms with Gasteiger partial charge in [-0.25, -0.2) is 0 Å². The summed E-state index contributed by atoms with van der Waals surface area (Å²) in [6.07, 6.45) is 1.84. The zero-order chi connectivity index (χ0) is 15.5. The summed E-state index contributed by atoms with van der Waals surface area (Å²) in [6.45, 7) is 7.24. The van der Waals surface area contributed by atoms with Crippen molar-refractivity contribution in [1.29, 1.82) is 5.26 Å². The largest absolute Gasteiger partial charge is 0.459 e. The average molecular weight is 286 g/mol. The van der Waals surface area contributed by atoms with Crippen LogP contribution in [0.3, 0.4) is 0 Å². The Morgan fingerprint density at radius 3 is 2.90 bits per heavy atom. The molecule has 0 amide bonds. The van der Waals surface area contributed by atoms with E-state index in [9.17, 15) is 4.79 Å². The average Bonchev–Trinajstić information content (AvgIpc) is 2.85. The molecule has 1 aliphatic heterocycles. The number of nitriles is 1. The van der Waals surface area contributed by atoms with E-state index in [1.165, 1.54) is 0 Å². The number of hydrogen-bond donors (Lipinski definition) is 0. The number of rotatable bonds is 3. The molecule has 4 heteroatoms. The Labute approximate surface area is 126 Å². The van der Waals surface area contributed by atoms with Crippen LogP contribution < -0.4 is 0 Å². The van der Waals surface area contributed by atoms with Gasteiger partial charge in [0.2, 0.25) is 0 Å². The van der Waals surface area contributed by atoms with Crippen molar-refractivity contribution < 1.29 is 9.53 Å². The van der Waals surface area contributed by atoms with Crippen LogP contribution in [0.25, 0.3) is 0 Å². The Balaban J connectivity index is 2.05. The molecule has 2 rings (SSSR count). The Morgan fingerprint density at radius 2 is 2.24 bits per heavy atom. The Hall–Kier alpha value is -1.86. The van der Waals surface area contributed by atoms with Crippen molar-refractivity contribution in [1.82, 2.24) is 4.90 Å². The maximum absolute atomic E-state index is 12.3. The first-order valence-electron chi connectivity index (χ1n) is 7.35. The summed E-state index contributed by atoms with van der Waals surface area (Å²) in [5.41, 5.74) is 1.26. The summed E-state index contributed by atoms with van der Waals surface area (Å²) < 4.78 is 5.50. The van der Waals surface area contributed by atoms with Crippen LogP contribution in [0.4, 0.5) is 0 Å². The van der Waals surface area contributed by atoms with Crippen LogP contribution in [0, 0.1) is 11.3 Å². The molecule has 1 saturated heterocycles. The lowest BCUT2D eigenvalue weighted by atomic mass is 10.1. The highest BCUT2D eigenvalue weighted by molar-refractivity contribution is 5.76. The molecule has 21 heavy (non-hydrogen) atoms. The van der Waals surface area contributed by atoms with E-state index < -0.39 is 5.60 Å². The summed E-state index contributed by atoms with van der Waals surface area (Å²) in [6, 6.07) is 9.52. The molecule has 0 aromatic heterocycles. The maximum Gasteiger partial charge on any atom is 0.323 e. The molecule has 0 unspecified atom stereocenters. The normalized spacial score (nSPS) is 19.2. The number of carbonyl (C=O) groups is 1. The number of hydrogen-bond acceptors (Lipinski definition) is 4. The van der Waals surface area contributed by atoms with Crippen LogP contribution in [0.2, 0.25) is 0 Å². The molecule has 0 radical (unpaired) electrons. The zero-order valence-corrected chi connectivity index (χ0v) is 12.9. The fourth-order valence-corrected chi connectivity index (χ4v) is 2.63. The quantitative estimate of drug-likeness (QED) is 0.802. The van der Waals surface area contributed by atoms with Gasteiger partial charge in [0.1, 0.15) is 11.6 Å². The van der Waals surface area contributed by atoms with Crippen LogP contribution in [0.1, 0.15) is 44.7 Å². The van der Waals surface area contributed by atoms with Gasteiger partial charge < -0.3 is 4.74 Å². The molecule has 1 heterocycles. The van der Waals surface area contributed by atoms with Gasteiger partial charge in [0, 0.05) is 6.54 Å². The van der Waals surface area contributed by atoms with E-state index in [4.69, 9.17) is 10.00 Å². The highest BCUT2D eigenvalue weighted by atomic mass is 16.6. The standard InChI is InChI=1S/C17H22N2O2/c1-17(2,3)21-16(20)15-8-5-9-19(15)12-14-7-4-6-13(10-14)11-18/h4,6-7,10,15H,5,8-9,12H2,1-3H3/t15-/m0/s1. The molecule has 112 valence electrons. The number of ether oxygens (including phenoxy) is 1. The Kier molecular flexibility index (Phi) is 4.64. The molecule has 1 aromatic rings. The molecular formula is C17H22N2O2. The fraction of sp³-hybridized carbons (Fsp3) is 0.529. The predicted molar refractivity (Wildman–Crippen MR) is 80.4 cm³/mol. The molecule has 4 nitrogen and oxygen atoms in total. The van der Waals surface area contributed by atoms with Crippen molar-refractivity contribution >= 4 is 5.97 Å². The van der Waals surface area contributed by atoms with E-state index in [0.29, 0.717) is 12.1 Å². The minimum atomic E-state index is -0.452. The second-order valence-corrected chi connectivity index (χ2v) is 6.47. The van der Waals surface area contributed by atoms with Crippen LogP contribution in [0.15, 0.2) is 24.3 Å². The monoisotopic (exact) mass is 286 g/mol. The second-order valence-electron chi connectivity index (χ2n) is 6.47. The summed E-state index contributed by atoms with van der Waals surface area (Å²) in [5, 5.41) is 8.95. The highest BCUT2D eigenvalue weighted by Gasteiger charge is 2.33. The number of nitrogens with zero attached hydrogens (tertiary/aromatic N) is 2. The van der Waals surface area contributed by atoms with Crippen molar-refractivity contribution in [2.45, 2.75) is 51.8 Å². The zero-order valence-electron chi connectivity index (χ0n) is 12.9. The molecule has 1 atom stereocenters. The van der Waals surface area contributed by atoms with Crippen molar-refractivity contribution in [3.8, 4) is 6.07 Å². The fourth-order valence-electron chi connectivity index (χ4n) is 2.63. The number of carbonyl (C=O) groups excluding carboxylic acids is 1. The van der Waals surface area contributed by atoms with Crippen LogP contribution >= 0.6 is 0 Å². The van der Waals surface area contributed by atoms with E-state index in [1.54, 1.807) is 6.07 Å². The van der Waals surface area contributed by atoms with Crippen molar-refractivity contribution in [3.05, 3.63) is 35.4 Å². The molecule has 1 fully saturated rings. The topological polar surface area (TPSA) is 53.3 Å². The first kappa shape index (κ1) is 15.5. The van der Waals surface area contributed by atoms with Crippen LogP contribution in [-0.2, 0) is 16.1 Å². The molecular weight excluding hydrogens is 264 g/mol. The molecule has 1 aromatic carbocycles. The van der Waals surface area contributed by atoms with Gasteiger partial charge in [0.25, 0.3) is 0 Å². The predicted octanol–water partition coefficient (Wildman–Crippen LogP) is 2.86. The highest BCUT2D eigenvalue weighted by Crippen LogP contribution is 2.23. The van der Waals surface area contributed by atoms with Gasteiger partial charge in [-0.05, 0) is 57.9 Å². The summed E-state index contributed by atoms with van der Waals surface area (Å²) in [4.78, 5) is 14.4. The third-order valence-corrected chi connectivity index (χ3v) is 3.48. The third kappa shape index (κ3) is 4.30. The van der Waals surface area contributed by atoms with Gasteiger partial charge in [-0.15, -0.1) is 0 Å². The van der Waals surface area contributed by atoms with Gasteiger partial charge in [0.15, 0.2) is 0 Å². The van der Waals surface area contributed by atoms with Crippen molar-refractivity contribution in [3.63, 3.8) is 0 Å². The number of esters is 1. The second kappa shape index (κ2) is 6.28. The minimum Gasteiger partial charge on any atom is -0.459 e. The Bertz CT molecular complexity index is 555. The summed E-state index contributed by atoms with van der Waals surface area (Å²) in [7, 11) is 0. The first-order chi connectivity index (χ1) is 9.89. The molecule has 1 aliphatic rings. The molecule has 0 aliphatic carbocycles. The van der Waals surface area contributed by atoms with Gasteiger partial charge in [-0.1, -0.05) is 12.1 Å². The van der Waals surface area contributed by atoms with E-state index in [0.717, 1.165) is 24.9 Å². The smallest absolute Gasteiger partial charge is 0.323 e. The van der Waals surface area contributed by atoms with Crippen molar-refractivity contribution in [2.24, 2.45) is 0 Å². The molecule has 0 saturated carbocycles. The van der Waals surface area contributed by atoms with Gasteiger partial charge >= 0.3 is 5.97 Å². The lowest BCUT2D eigenvalue weighted by Gasteiger charge is -2.27. The van der Waals surface area contributed by atoms with E-state index in [-0.39, 0.29) is 12.0 Å². The van der Waals surface area contributed by atoms with Crippen molar-refractivity contribution in [2.75, 3.05) is 6.54 Å². The summed E-state index contributed by atoms with van der Waals surface area (Å²) in [5.74, 6) is -0.142. The maximum atomic E-state index is 12.3. The SMILES string of the molecule is CC(C)(C)OC(=O)[C@@H]1CCCN1Cc1cccc(C#N)c1. The van der Waals surface area contributed by atoms with Crippen LogP contribution in [0.5, 0.6) is 0 Å².